The highest BCUT2D eigenvalue weighted by molar-refractivity contribution is 7.16. The summed E-state index contributed by atoms with van der Waals surface area (Å²) in [5.74, 6) is -1.11. The second-order valence-corrected chi connectivity index (χ2v) is 6.89. The third-order valence-electron chi connectivity index (χ3n) is 3.86. The molecule has 10 heteroatoms. The van der Waals surface area contributed by atoms with Crippen molar-refractivity contribution in [2.75, 3.05) is 6.61 Å². The van der Waals surface area contributed by atoms with E-state index in [2.05, 4.69) is 15.1 Å². The first-order valence-electron chi connectivity index (χ1n) is 8.21. The molecular formula is C17H18N4O5S. The first-order valence-corrected chi connectivity index (χ1v) is 9.03. The molecule has 0 bridgehead atoms. The van der Waals surface area contributed by atoms with Crippen molar-refractivity contribution in [2.24, 2.45) is 0 Å². The van der Waals surface area contributed by atoms with E-state index in [0.717, 1.165) is 0 Å². The van der Waals surface area contributed by atoms with Gasteiger partial charge < -0.3 is 14.5 Å². The second-order valence-electron chi connectivity index (χ2n) is 5.85. The van der Waals surface area contributed by atoms with Crippen LogP contribution in [0.2, 0.25) is 0 Å². The largest absolute Gasteiger partial charge is 0.461 e. The maximum atomic E-state index is 12.5. The van der Waals surface area contributed by atoms with Gasteiger partial charge in [0.25, 0.3) is 5.56 Å². The average Bonchev–Trinajstić information content (AvgIpc) is 3.13. The molecule has 142 valence electrons. The van der Waals surface area contributed by atoms with E-state index in [4.69, 9.17) is 9.47 Å². The van der Waals surface area contributed by atoms with Crippen LogP contribution in [0.15, 0.2) is 10.9 Å². The summed E-state index contributed by atoms with van der Waals surface area (Å²) in [5, 5.41) is 4.56. The summed E-state index contributed by atoms with van der Waals surface area (Å²) < 4.78 is 11.5. The van der Waals surface area contributed by atoms with Gasteiger partial charge in [-0.15, -0.1) is 0 Å². The summed E-state index contributed by atoms with van der Waals surface area (Å²) in [6.45, 7) is 6.88. The monoisotopic (exact) mass is 390 g/mol. The molecule has 0 spiro atoms. The highest BCUT2D eigenvalue weighted by Crippen LogP contribution is 2.21. The number of esters is 2. The Morgan fingerprint density at radius 1 is 1.22 bits per heavy atom. The number of aryl methyl sites for hydroxylation is 2. The minimum absolute atomic E-state index is 0.107. The summed E-state index contributed by atoms with van der Waals surface area (Å²) in [7, 11) is 0. The predicted molar refractivity (Wildman–Crippen MR) is 97.2 cm³/mol. The number of ether oxygens (including phenoxy) is 2. The van der Waals surface area contributed by atoms with E-state index in [1.807, 2.05) is 0 Å². The molecule has 0 atom stereocenters. The quantitative estimate of drug-likeness (QED) is 0.662. The molecule has 27 heavy (non-hydrogen) atoms. The van der Waals surface area contributed by atoms with Gasteiger partial charge in [-0.2, -0.15) is 9.61 Å². The molecule has 3 heterocycles. The van der Waals surface area contributed by atoms with Gasteiger partial charge in [0.1, 0.15) is 12.3 Å². The molecule has 0 amide bonds. The van der Waals surface area contributed by atoms with E-state index >= 15 is 0 Å². The van der Waals surface area contributed by atoms with Crippen LogP contribution in [0.4, 0.5) is 0 Å². The number of rotatable bonds is 5. The molecule has 0 aliphatic heterocycles. The first kappa shape index (κ1) is 18.8. The molecule has 3 rings (SSSR count). The van der Waals surface area contributed by atoms with Gasteiger partial charge in [0.2, 0.25) is 4.96 Å². The number of hydrogen-bond donors (Lipinski definition) is 1. The molecule has 0 saturated carbocycles. The van der Waals surface area contributed by atoms with Crippen LogP contribution in [0, 0.1) is 20.8 Å². The lowest BCUT2D eigenvalue weighted by atomic mass is 10.1. The van der Waals surface area contributed by atoms with Gasteiger partial charge in [0.15, 0.2) is 5.01 Å². The van der Waals surface area contributed by atoms with Gasteiger partial charge in [-0.05, 0) is 33.3 Å². The topological polar surface area (TPSA) is 116 Å². The summed E-state index contributed by atoms with van der Waals surface area (Å²) in [4.78, 5) is 43.9. The van der Waals surface area contributed by atoms with Crippen molar-refractivity contribution < 1.29 is 19.1 Å². The molecule has 0 aliphatic carbocycles. The van der Waals surface area contributed by atoms with Crippen molar-refractivity contribution in [3.05, 3.63) is 49.6 Å². The Bertz CT molecular complexity index is 1090. The van der Waals surface area contributed by atoms with Gasteiger partial charge in [-0.25, -0.2) is 14.6 Å². The number of carbonyl (C=O) groups excluding carboxylic acids is 2. The maximum Gasteiger partial charge on any atom is 0.355 e. The van der Waals surface area contributed by atoms with Gasteiger partial charge in [-0.3, -0.25) is 4.79 Å². The molecule has 3 aromatic rings. The third kappa shape index (κ3) is 3.61. The predicted octanol–water partition coefficient (Wildman–Crippen LogP) is 1.94. The van der Waals surface area contributed by atoms with Crippen LogP contribution in [0.5, 0.6) is 0 Å². The minimum atomic E-state index is -0.590. The molecule has 0 saturated heterocycles. The van der Waals surface area contributed by atoms with Gasteiger partial charge in [0, 0.05) is 17.5 Å². The Hall–Kier alpha value is -3.01. The molecule has 3 aromatic heterocycles. The molecule has 1 N–H and O–H groups in total. The molecule has 9 nitrogen and oxygen atoms in total. The van der Waals surface area contributed by atoms with E-state index in [9.17, 15) is 14.4 Å². The number of carbonyl (C=O) groups is 2. The molecule has 0 radical (unpaired) electrons. The Kier molecular flexibility index (Phi) is 5.08. The average molecular weight is 390 g/mol. The molecule has 0 fully saturated rings. The fourth-order valence-electron chi connectivity index (χ4n) is 2.68. The van der Waals surface area contributed by atoms with Crippen LogP contribution >= 0.6 is 11.3 Å². The number of fused-ring (bicyclic) bond motifs is 1. The third-order valence-corrected chi connectivity index (χ3v) is 4.74. The number of nitrogens with one attached hydrogen (secondary N) is 1. The molecule has 0 unspecified atom stereocenters. The summed E-state index contributed by atoms with van der Waals surface area (Å²) in [6, 6.07) is 1.38. The van der Waals surface area contributed by atoms with E-state index in [1.54, 1.807) is 27.7 Å². The zero-order valence-electron chi connectivity index (χ0n) is 15.3. The summed E-state index contributed by atoms with van der Waals surface area (Å²) >= 11 is 1.17. The molecular weight excluding hydrogens is 372 g/mol. The Morgan fingerprint density at radius 2 is 1.96 bits per heavy atom. The normalized spacial score (nSPS) is 11.0. The van der Waals surface area contributed by atoms with Crippen LogP contribution in [0.25, 0.3) is 4.96 Å². The highest BCUT2D eigenvalue weighted by Gasteiger charge is 2.24. The SMILES string of the molecule is CCOC(=O)c1[nH]c(C)c(C(=O)OCc2nn3c(=O)cc(C)nc3s2)c1C. The van der Waals surface area contributed by atoms with Gasteiger partial charge in [0.05, 0.1) is 12.2 Å². The van der Waals surface area contributed by atoms with Crippen molar-refractivity contribution in [1.29, 1.82) is 0 Å². The van der Waals surface area contributed by atoms with E-state index in [-0.39, 0.29) is 30.0 Å². The second kappa shape index (κ2) is 7.31. The zero-order valence-corrected chi connectivity index (χ0v) is 16.1. The molecule has 0 aliphatic rings. The Labute approximate surface area is 158 Å². The number of aromatic nitrogens is 4. The van der Waals surface area contributed by atoms with Gasteiger partial charge in [-0.1, -0.05) is 11.3 Å². The van der Waals surface area contributed by atoms with Crippen molar-refractivity contribution in [3.63, 3.8) is 0 Å². The number of hydrogen-bond acceptors (Lipinski definition) is 8. The molecule has 0 aromatic carbocycles. The highest BCUT2D eigenvalue weighted by atomic mass is 32.1. The van der Waals surface area contributed by atoms with Crippen molar-refractivity contribution in [1.82, 2.24) is 19.6 Å². The summed E-state index contributed by atoms with van der Waals surface area (Å²) in [5.41, 5.74) is 1.80. The van der Waals surface area contributed by atoms with Crippen molar-refractivity contribution in [3.8, 4) is 0 Å². The van der Waals surface area contributed by atoms with Crippen LogP contribution in [-0.2, 0) is 16.1 Å². The smallest absolute Gasteiger partial charge is 0.355 e. The minimum Gasteiger partial charge on any atom is -0.461 e. The lowest BCUT2D eigenvalue weighted by Crippen LogP contribution is -2.14. The van der Waals surface area contributed by atoms with E-state index < -0.39 is 11.9 Å². The summed E-state index contributed by atoms with van der Waals surface area (Å²) in [6.07, 6.45) is 0. The Morgan fingerprint density at radius 3 is 2.67 bits per heavy atom. The lowest BCUT2D eigenvalue weighted by molar-refractivity contribution is 0.0470. The number of nitrogens with zero attached hydrogens (tertiary/aromatic N) is 3. The maximum absolute atomic E-state index is 12.5. The van der Waals surface area contributed by atoms with Crippen molar-refractivity contribution in [2.45, 2.75) is 34.3 Å². The number of aromatic amines is 1. The Balaban J connectivity index is 1.79. The number of H-pyrrole nitrogens is 1. The standard InChI is InChI=1S/C17H18N4O5S/c1-5-25-16(24)14-9(3)13(10(4)19-14)15(23)26-7-11-20-21-12(22)6-8(2)18-17(21)27-11/h6,19H,5,7H2,1-4H3. The van der Waals surface area contributed by atoms with Crippen LogP contribution in [-0.4, -0.2) is 38.1 Å². The van der Waals surface area contributed by atoms with E-state index in [1.165, 1.54) is 21.9 Å². The van der Waals surface area contributed by atoms with Gasteiger partial charge >= 0.3 is 11.9 Å². The van der Waals surface area contributed by atoms with Crippen LogP contribution < -0.4 is 5.56 Å². The fourth-order valence-corrected chi connectivity index (χ4v) is 3.54. The van der Waals surface area contributed by atoms with Crippen molar-refractivity contribution >= 4 is 28.2 Å². The van der Waals surface area contributed by atoms with E-state index in [0.29, 0.717) is 26.9 Å². The first-order chi connectivity index (χ1) is 12.8. The lowest BCUT2D eigenvalue weighted by Gasteiger charge is -2.04. The van der Waals surface area contributed by atoms with Crippen LogP contribution in [0.3, 0.4) is 0 Å². The van der Waals surface area contributed by atoms with Crippen LogP contribution in [0.1, 0.15) is 49.7 Å². The fraction of sp³-hybridized carbons (Fsp3) is 0.353. The zero-order chi connectivity index (χ0) is 19.7.